The molecule has 1 rings (SSSR count). The van der Waals surface area contributed by atoms with Crippen molar-refractivity contribution in [3.8, 4) is 0 Å². The molecule has 0 unspecified atom stereocenters. The van der Waals surface area contributed by atoms with E-state index in [1.807, 2.05) is 18.2 Å². The lowest BCUT2D eigenvalue weighted by atomic mass is 10.2. The minimum absolute atomic E-state index is 0.254. The second-order valence-corrected chi connectivity index (χ2v) is 3.30. The molecule has 0 aliphatic carbocycles. The average Bonchev–Trinajstić information content (AvgIpc) is 2.18. The second kappa shape index (κ2) is 6.27. The summed E-state index contributed by atoms with van der Waals surface area (Å²) < 4.78 is 0. The van der Waals surface area contributed by atoms with E-state index < -0.39 is 0 Å². The standard InChI is InChI=1S/C11H16N2O/c1-10(14)5-4-7-12-9-11-6-2-3-8-13-11/h2-3,6,8,12H,4-5,7,9H2,1H3. The molecule has 0 amide bonds. The molecule has 76 valence electrons. The zero-order valence-electron chi connectivity index (χ0n) is 8.49. The van der Waals surface area contributed by atoms with Gasteiger partial charge in [0.25, 0.3) is 0 Å². The van der Waals surface area contributed by atoms with Crippen LogP contribution < -0.4 is 5.32 Å². The summed E-state index contributed by atoms with van der Waals surface area (Å²) in [6.07, 6.45) is 3.35. The van der Waals surface area contributed by atoms with Crippen molar-refractivity contribution in [2.24, 2.45) is 0 Å². The summed E-state index contributed by atoms with van der Waals surface area (Å²) >= 11 is 0. The first kappa shape index (κ1) is 10.9. The Kier molecular flexibility index (Phi) is 4.86. The van der Waals surface area contributed by atoms with Crippen molar-refractivity contribution in [3.63, 3.8) is 0 Å². The lowest BCUT2D eigenvalue weighted by Gasteiger charge is -2.02. The minimum Gasteiger partial charge on any atom is -0.311 e. The third kappa shape index (κ3) is 4.72. The molecule has 0 saturated carbocycles. The predicted molar refractivity (Wildman–Crippen MR) is 55.9 cm³/mol. The fraction of sp³-hybridized carbons (Fsp3) is 0.455. The number of ketones is 1. The van der Waals surface area contributed by atoms with Crippen molar-refractivity contribution >= 4 is 5.78 Å². The molecule has 3 nitrogen and oxygen atoms in total. The van der Waals surface area contributed by atoms with Crippen LogP contribution in [0.1, 0.15) is 25.5 Å². The fourth-order valence-corrected chi connectivity index (χ4v) is 1.18. The highest BCUT2D eigenvalue weighted by molar-refractivity contribution is 5.75. The largest absolute Gasteiger partial charge is 0.311 e. The highest BCUT2D eigenvalue weighted by atomic mass is 16.1. The maximum absolute atomic E-state index is 10.6. The smallest absolute Gasteiger partial charge is 0.129 e. The van der Waals surface area contributed by atoms with Gasteiger partial charge in [-0.25, -0.2) is 0 Å². The first-order valence-electron chi connectivity index (χ1n) is 4.89. The van der Waals surface area contributed by atoms with Crippen LogP contribution >= 0.6 is 0 Å². The van der Waals surface area contributed by atoms with Crippen LogP contribution in [0, 0.1) is 0 Å². The van der Waals surface area contributed by atoms with Gasteiger partial charge in [0.2, 0.25) is 0 Å². The number of rotatable bonds is 6. The van der Waals surface area contributed by atoms with Crippen molar-refractivity contribution in [2.45, 2.75) is 26.3 Å². The Hall–Kier alpha value is -1.22. The summed E-state index contributed by atoms with van der Waals surface area (Å²) in [6, 6.07) is 5.86. The van der Waals surface area contributed by atoms with Crippen LogP contribution in [0.25, 0.3) is 0 Å². The van der Waals surface area contributed by atoms with Crippen LogP contribution in [-0.4, -0.2) is 17.3 Å². The average molecular weight is 192 g/mol. The van der Waals surface area contributed by atoms with Gasteiger partial charge in [0.15, 0.2) is 0 Å². The molecular weight excluding hydrogens is 176 g/mol. The lowest BCUT2D eigenvalue weighted by Crippen LogP contribution is -2.16. The number of carbonyl (C=O) groups excluding carboxylic acids is 1. The van der Waals surface area contributed by atoms with Crippen molar-refractivity contribution in [3.05, 3.63) is 30.1 Å². The van der Waals surface area contributed by atoms with Crippen molar-refractivity contribution < 1.29 is 4.79 Å². The fourth-order valence-electron chi connectivity index (χ4n) is 1.18. The van der Waals surface area contributed by atoms with E-state index in [9.17, 15) is 4.79 Å². The van der Waals surface area contributed by atoms with Gasteiger partial charge in [-0.1, -0.05) is 6.07 Å². The van der Waals surface area contributed by atoms with Crippen molar-refractivity contribution in [2.75, 3.05) is 6.54 Å². The molecule has 3 heteroatoms. The van der Waals surface area contributed by atoms with Crippen molar-refractivity contribution in [1.82, 2.24) is 10.3 Å². The highest BCUT2D eigenvalue weighted by Crippen LogP contribution is 1.93. The topological polar surface area (TPSA) is 42.0 Å². The zero-order chi connectivity index (χ0) is 10.2. The van der Waals surface area contributed by atoms with Gasteiger partial charge in [-0.15, -0.1) is 0 Å². The highest BCUT2D eigenvalue weighted by Gasteiger charge is 1.94. The van der Waals surface area contributed by atoms with Crippen LogP contribution in [0.5, 0.6) is 0 Å². The first-order valence-corrected chi connectivity index (χ1v) is 4.89. The summed E-state index contributed by atoms with van der Waals surface area (Å²) in [5, 5.41) is 3.24. The van der Waals surface area contributed by atoms with E-state index in [4.69, 9.17) is 0 Å². The van der Waals surface area contributed by atoms with Gasteiger partial charge >= 0.3 is 0 Å². The van der Waals surface area contributed by atoms with Gasteiger partial charge < -0.3 is 10.1 Å². The molecule has 0 spiro atoms. The van der Waals surface area contributed by atoms with E-state index in [2.05, 4.69) is 10.3 Å². The second-order valence-electron chi connectivity index (χ2n) is 3.30. The molecule has 0 saturated heterocycles. The van der Waals surface area contributed by atoms with E-state index in [0.717, 1.165) is 25.2 Å². The van der Waals surface area contributed by atoms with E-state index >= 15 is 0 Å². The molecule has 0 aliphatic heterocycles. The number of aromatic nitrogens is 1. The molecule has 0 radical (unpaired) electrons. The molecule has 0 bridgehead atoms. The zero-order valence-corrected chi connectivity index (χ0v) is 8.49. The lowest BCUT2D eigenvalue weighted by molar-refractivity contribution is -0.117. The van der Waals surface area contributed by atoms with Crippen LogP contribution in [-0.2, 0) is 11.3 Å². The molecule has 1 heterocycles. The van der Waals surface area contributed by atoms with E-state index in [-0.39, 0.29) is 5.78 Å². The Labute approximate surface area is 84.6 Å². The summed E-state index contributed by atoms with van der Waals surface area (Å²) in [6.45, 7) is 3.27. The van der Waals surface area contributed by atoms with Crippen LogP contribution in [0.15, 0.2) is 24.4 Å². The van der Waals surface area contributed by atoms with Crippen LogP contribution in [0.2, 0.25) is 0 Å². The maximum atomic E-state index is 10.6. The number of hydrogen-bond acceptors (Lipinski definition) is 3. The van der Waals surface area contributed by atoms with Gasteiger partial charge in [0, 0.05) is 19.2 Å². The third-order valence-corrected chi connectivity index (χ3v) is 1.91. The van der Waals surface area contributed by atoms with Crippen molar-refractivity contribution in [1.29, 1.82) is 0 Å². The van der Waals surface area contributed by atoms with Crippen LogP contribution in [0.3, 0.4) is 0 Å². The number of carbonyl (C=O) groups is 1. The molecule has 0 atom stereocenters. The number of nitrogens with one attached hydrogen (secondary N) is 1. The molecule has 1 N–H and O–H groups in total. The molecule has 0 fully saturated rings. The quantitative estimate of drug-likeness (QED) is 0.695. The Morgan fingerprint density at radius 2 is 2.36 bits per heavy atom. The van der Waals surface area contributed by atoms with E-state index in [1.165, 1.54) is 0 Å². The molecular formula is C11H16N2O. The summed E-state index contributed by atoms with van der Waals surface area (Å²) in [5.74, 6) is 0.254. The molecule has 1 aromatic heterocycles. The third-order valence-electron chi connectivity index (χ3n) is 1.91. The maximum Gasteiger partial charge on any atom is 0.129 e. The normalized spacial score (nSPS) is 10.1. The first-order chi connectivity index (χ1) is 6.79. The number of nitrogens with zero attached hydrogens (tertiary/aromatic N) is 1. The van der Waals surface area contributed by atoms with E-state index in [1.54, 1.807) is 13.1 Å². The number of pyridine rings is 1. The molecule has 0 aliphatic rings. The summed E-state index contributed by atoms with van der Waals surface area (Å²) in [5.41, 5.74) is 1.04. The summed E-state index contributed by atoms with van der Waals surface area (Å²) in [7, 11) is 0. The van der Waals surface area contributed by atoms with Gasteiger partial charge in [-0.05, 0) is 32.0 Å². The Balaban J connectivity index is 2.08. The minimum atomic E-state index is 0.254. The SMILES string of the molecule is CC(=O)CCCNCc1ccccn1. The molecule has 1 aromatic rings. The molecule has 14 heavy (non-hydrogen) atoms. The number of Topliss-reactive ketones (excluding diaryl/α,β-unsaturated/α-hetero) is 1. The summed E-state index contributed by atoms with van der Waals surface area (Å²) in [4.78, 5) is 14.8. The Morgan fingerprint density at radius 3 is 3.00 bits per heavy atom. The number of hydrogen-bond donors (Lipinski definition) is 1. The molecule has 0 aromatic carbocycles. The van der Waals surface area contributed by atoms with E-state index in [0.29, 0.717) is 6.42 Å². The van der Waals surface area contributed by atoms with Gasteiger partial charge in [-0.3, -0.25) is 4.98 Å². The monoisotopic (exact) mass is 192 g/mol. The van der Waals surface area contributed by atoms with Crippen LogP contribution in [0.4, 0.5) is 0 Å². The van der Waals surface area contributed by atoms with Gasteiger partial charge in [-0.2, -0.15) is 0 Å². The predicted octanol–water partition coefficient (Wildman–Crippen LogP) is 1.54. The van der Waals surface area contributed by atoms with Gasteiger partial charge in [0.1, 0.15) is 5.78 Å². The van der Waals surface area contributed by atoms with Gasteiger partial charge in [0.05, 0.1) is 5.69 Å². The Morgan fingerprint density at radius 1 is 1.50 bits per heavy atom. The Bertz CT molecular complexity index is 272.